The Kier molecular flexibility index (Phi) is 4.04. The summed E-state index contributed by atoms with van der Waals surface area (Å²) in [7, 11) is 0. The lowest BCUT2D eigenvalue weighted by atomic mass is 9.89. The molecule has 118 valence electrons. The van der Waals surface area contributed by atoms with Crippen LogP contribution in [0.2, 0.25) is 0 Å². The van der Waals surface area contributed by atoms with Crippen LogP contribution in [0.5, 0.6) is 0 Å². The molecule has 6 heteroatoms. The first-order chi connectivity index (χ1) is 10.5. The number of hydrogen-bond acceptors (Lipinski definition) is 4. The molecule has 5 nitrogen and oxygen atoms in total. The Morgan fingerprint density at radius 1 is 1.50 bits per heavy atom. The van der Waals surface area contributed by atoms with Crippen molar-refractivity contribution in [3.63, 3.8) is 0 Å². The van der Waals surface area contributed by atoms with Crippen LogP contribution in [0.1, 0.15) is 43.0 Å². The van der Waals surface area contributed by atoms with E-state index >= 15 is 0 Å². The Morgan fingerprint density at radius 3 is 2.95 bits per heavy atom. The molecule has 0 spiro atoms. The third kappa shape index (κ3) is 2.56. The van der Waals surface area contributed by atoms with Gasteiger partial charge >= 0.3 is 5.97 Å². The number of fused-ring (bicyclic) bond motifs is 3. The van der Waals surface area contributed by atoms with E-state index in [2.05, 4.69) is 11.9 Å². The van der Waals surface area contributed by atoms with Gasteiger partial charge in [-0.15, -0.1) is 11.3 Å². The largest absolute Gasteiger partial charge is 0.481 e. The quantitative estimate of drug-likeness (QED) is 0.940. The summed E-state index contributed by atoms with van der Waals surface area (Å²) in [5.74, 6) is 0.445. The number of nitrogens with zero attached hydrogens (tertiary/aromatic N) is 2. The number of carbonyl (C=O) groups is 1. The van der Waals surface area contributed by atoms with Crippen LogP contribution < -0.4 is 5.56 Å². The molecular weight excluding hydrogens is 300 g/mol. The second-order valence-electron chi connectivity index (χ2n) is 6.01. The molecule has 2 heterocycles. The number of aryl methyl sites for hydroxylation is 2. The highest BCUT2D eigenvalue weighted by molar-refractivity contribution is 7.18. The number of carboxylic acids is 1. The van der Waals surface area contributed by atoms with E-state index in [0.29, 0.717) is 18.2 Å². The lowest BCUT2D eigenvalue weighted by Gasteiger charge is -2.17. The second kappa shape index (κ2) is 5.83. The van der Waals surface area contributed by atoms with Crippen molar-refractivity contribution in [1.29, 1.82) is 0 Å². The maximum Gasteiger partial charge on any atom is 0.305 e. The molecule has 3 rings (SSSR count). The molecule has 1 aliphatic carbocycles. The summed E-state index contributed by atoms with van der Waals surface area (Å²) in [6.07, 6.45) is 3.63. The molecule has 1 atom stereocenters. The highest BCUT2D eigenvalue weighted by Gasteiger charge is 2.24. The van der Waals surface area contributed by atoms with Crippen molar-refractivity contribution in [3.05, 3.63) is 26.6 Å². The average Bonchev–Trinajstić information content (AvgIpc) is 2.82. The van der Waals surface area contributed by atoms with E-state index < -0.39 is 5.97 Å². The van der Waals surface area contributed by atoms with Gasteiger partial charge in [0.1, 0.15) is 10.7 Å². The summed E-state index contributed by atoms with van der Waals surface area (Å²) in [4.78, 5) is 30.5. The standard InChI is InChI=1S/C16H20N2O3S/c1-3-12-17-15-14(16(21)18(12)7-6-13(19)20)10-5-4-9(2)8-11(10)22-15/h9H,3-8H2,1-2H3,(H,19,20). The van der Waals surface area contributed by atoms with E-state index in [-0.39, 0.29) is 18.5 Å². The van der Waals surface area contributed by atoms with Crippen LogP contribution in [0.3, 0.4) is 0 Å². The van der Waals surface area contributed by atoms with Crippen molar-refractivity contribution >= 4 is 27.5 Å². The van der Waals surface area contributed by atoms with E-state index in [9.17, 15) is 9.59 Å². The fourth-order valence-electron chi connectivity index (χ4n) is 3.17. The molecule has 1 unspecified atom stereocenters. The van der Waals surface area contributed by atoms with E-state index in [0.717, 1.165) is 35.0 Å². The highest BCUT2D eigenvalue weighted by atomic mass is 32.1. The zero-order valence-electron chi connectivity index (χ0n) is 12.9. The van der Waals surface area contributed by atoms with Gasteiger partial charge in [0.15, 0.2) is 0 Å². The van der Waals surface area contributed by atoms with Gasteiger partial charge in [0.2, 0.25) is 0 Å². The van der Waals surface area contributed by atoms with Gasteiger partial charge < -0.3 is 5.11 Å². The molecule has 0 aromatic carbocycles. The first-order valence-corrected chi connectivity index (χ1v) is 8.58. The third-order valence-electron chi connectivity index (χ3n) is 4.36. The first kappa shape index (κ1) is 15.2. The molecule has 0 saturated carbocycles. The number of aromatic nitrogens is 2. The Morgan fingerprint density at radius 2 is 2.27 bits per heavy atom. The van der Waals surface area contributed by atoms with Crippen molar-refractivity contribution < 1.29 is 9.90 Å². The number of hydrogen-bond donors (Lipinski definition) is 1. The van der Waals surface area contributed by atoms with Gasteiger partial charge in [-0.1, -0.05) is 13.8 Å². The van der Waals surface area contributed by atoms with Gasteiger partial charge in [-0.3, -0.25) is 14.2 Å². The number of thiophene rings is 1. The Labute approximate surface area is 132 Å². The topological polar surface area (TPSA) is 72.2 Å². The molecule has 0 fully saturated rings. The molecular formula is C16H20N2O3S. The van der Waals surface area contributed by atoms with Crippen LogP contribution in [0, 0.1) is 5.92 Å². The van der Waals surface area contributed by atoms with Gasteiger partial charge in [0.25, 0.3) is 5.56 Å². The zero-order chi connectivity index (χ0) is 15.9. The normalized spacial score (nSPS) is 17.6. The van der Waals surface area contributed by atoms with Crippen LogP contribution in [0.15, 0.2) is 4.79 Å². The summed E-state index contributed by atoms with van der Waals surface area (Å²) in [5, 5.41) is 9.62. The van der Waals surface area contributed by atoms with E-state index in [4.69, 9.17) is 5.11 Å². The minimum atomic E-state index is -0.893. The monoisotopic (exact) mass is 320 g/mol. The summed E-state index contributed by atoms with van der Waals surface area (Å²) in [5.41, 5.74) is 1.09. The Balaban J connectivity index is 2.17. The van der Waals surface area contributed by atoms with Gasteiger partial charge in [-0.05, 0) is 30.7 Å². The average molecular weight is 320 g/mol. The molecule has 0 radical (unpaired) electrons. The Hall–Kier alpha value is -1.69. The number of rotatable bonds is 4. The molecule has 0 aliphatic heterocycles. The van der Waals surface area contributed by atoms with Crippen LogP contribution in [-0.4, -0.2) is 20.6 Å². The number of aliphatic carboxylic acids is 1. The van der Waals surface area contributed by atoms with Crippen molar-refractivity contribution in [2.24, 2.45) is 5.92 Å². The van der Waals surface area contributed by atoms with E-state index in [1.54, 1.807) is 15.9 Å². The minimum absolute atomic E-state index is 0.0521. The van der Waals surface area contributed by atoms with Crippen molar-refractivity contribution in [3.8, 4) is 0 Å². The molecule has 1 aliphatic rings. The minimum Gasteiger partial charge on any atom is -0.481 e. The van der Waals surface area contributed by atoms with Gasteiger partial charge in [-0.25, -0.2) is 4.98 Å². The summed E-state index contributed by atoms with van der Waals surface area (Å²) < 4.78 is 1.56. The van der Waals surface area contributed by atoms with Crippen LogP contribution in [0.4, 0.5) is 0 Å². The van der Waals surface area contributed by atoms with Crippen molar-refractivity contribution in [1.82, 2.24) is 9.55 Å². The molecule has 2 aromatic heterocycles. The van der Waals surface area contributed by atoms with E-state index in [1.165, 1.54) is 4.88 Å². The van der Waals surface area contributed by atoms with Gasteiger partial charge in [0.05, 0.1) is 11.8 Å². The van der Waals surface area contributed by atoms with Crippen LogP contribution in [-0.2, 0) is 30.6 Å². The predicted octanol–water partition coefficient (Wildman–Crippen LogP) is 2.62. The molecule has 0 bridgehead atoms. The molecule has 22 heavy (non-hydrogen) atoms. The Bertz CT molecular complexity index is 791. The maximum absolute atomic E-state index is 12.9. The maximum atomic E-state index is 12.9. The van der Waals surface area contributed by atoms with Gasteiger partial charge in [-0.2, -0.15) is 0 Å². The van der Waals surface area contributed by atoms with Gasteiger partial charge in [0, 0.05) is 17.8 Å². The predicted molar refractivity (Wildman–Crippen MR) is 86.7 cm³/mol. The van der Waals surface area contributed by atoms with Crippen LogP contribution in [0.25, 0.3) is 10.2 Å². The number of carboxylic acid groups (broad SMARTS) is 1. The summed E-state index contributed by atoms with van der Waals surface area (Å²) >= 11 is 1.64. The lowest BCUT2D eigenvalue weighted by molar-refractivity contribution is -0.137. The molecule has 0 saturated heterocycles. The molecule has 1 N–H and O–H groups in total. The third-order valence-corrected chi connectivity index (χ3v) is 5.51. The lowest BCUT2D eigenvalue weighted by Crippen LogP contribution is -2.26. The highest BCUT2D eigenvalue weighted by Crippen LogP contribution is 2.35. The zero-order valence-corrected chi connectivity index (χ0v) is 13.7. The second-order valence-corrected chi connectivity index (χ2v) is 7.10. The summed E-state index contributed by atoms with van der Waals surface area (Å²) in [6.45, 7) is 4.38. The van der Waals surface area contributed by atoms with Crippen molar-refractivity contribution in [2.45, 2.75) is 52.5 Å². The smallest absolute Gasteiger partial charge is 0.305 e. The summed E-state index contributed by atoms with van der Waals surface area (Å²) in [6, 6.07) is 0. The SMILES string of the molecule is CCc1nc2sc3c(c2c(=O)n1CCC(=O)O)CCC(C)C3. The van der Waals surface area contributed by atoms with Crippen molar-refractivity contribution in [2.75, 3.05) is 0 Å². The molecule has 2 aromatic rings. The molecule has 0 amide bonds. The first-order valence-electron chi connectivity index (χ1n) is 7.77. The fourth-order valence-corrected chi connectivity index (χ4v) is 4.57. The van der Waals surface area contributed by atoms with Crippen LogP contribution >= 0.6 is 11.3 Å². The fraction of sp³-hybridized carbons (Fsp3) is 0.562. The van der Waals surface area contributed by atoms with E-state index in [1.807, 2.05) is 6.92 Å².